The Morgan fingerprint density at radius 2 is 1.53 bits per heavy atom. The summed E-state index contributed by atoms with van der Waals surface area (Å²) in [5.41, 5.74) is 1.99. The van der Waals surface area contributed by atoms with Crippen LogP contribution < -0.4 is 0 Å². The molecule has 17 heavy (non-hydrogen) atoms. The van der Waals surface area contributed by atoms with Crippen molar-refractivity contribution in [3.8, 4) is 0 Å². The lowest BCUT2D eigenvalue weighted by molar-refractivity contribution is 0.396. The van der Waals surface area contributed by atoms with Gasteiger partial charge < -0.3 is 0 Å². The fraction of sp³-hybridized carbons (Fsp3) is 0.600. The Bertz CT molecular complexity index is 338. The quantitative estimate of drug-likeness (QED) is 0.398. The van der Waals surface area contributed by atoms with E-state index in [1.807, 2.05) is 0 Å². The first-order valence-corrected chi connectivity index (χ1v) is 12.0. The Morgan fingerprint density at radius 3 is 2.00 bits per heavy atom. The minimum Gasteiger partial charge on any atom is -0.122 e. The van der Waals surface area contributed by atoms with Gasteiger partial charge in [0, 0.05) is 0 Å². The van der Waals surface area contributed by atoms with Crippen molar-refractivity contribution < 1.29 is 0 Å². The summed E-state index contributed by atoms with van der Waals surface area (Å²) in [4.78, 5) is 0. The van der Waals surface area contributed by atoms with Gasteiger partial charge >= 0.3 is 0 Å². The van der Waals surface area contributed by atoms with Crippen LogP contribution in [-0.2, 0) is 5.04 Å². The average molecular weight is 360 g/mol. The van der Waals surface area contributed by atoms with Crippen LogP contribution in [0.3, 0.4) is 0 Å². The molecule has 0 radical (unpaired) electrons. The fourth-order valence-corrected chi connectivity index (χ4v) is 6.38. The van der Waals surface area contributed by atoms with Gasteiger partial charge in [-0.25, -0.2) is 0 Å². The standard InChI is InChI=1S/C15H25ISi/c1-14(2,3)11-12-17(16)15(4,5)13-9-7-6-8-10-13/h6-10,17H,11-12H2,1-5H3. The van der Waals surface area contributed by atoms with E-state index in [1.54, 1.807) is 0 Å². The maximum Gasteiger partial charge on any atom is 0.119 e. The lowest BCUT2D eigenvalue weighted by Crippen LogP contribution is -2.33. The number of halogens is 1. The maximum atomic E-state index is 2.77. The predicted octanol–water partition coefficient (Wildman–Crippen LogP) is 5.10. The Morgan fingerprint density at radius 1 is 1.00 bits per heavy atom. The lowest BCUT2D eigenvalue weighted by Gasteiger charge is -2.31. The first-order valence-electron chi connectivity index (χ1n) is 6.43. The average Bonchev–Trinajstić information content (AvgIpc) is 2.26. The second-order valence-electron chi connectivity index (χ2n) is 6.65. The molecule has 0 aliphatic rings. The largest absolute Gasteiger partial charge is 0.122 e. The first-order chi connectivity index (χ1) is 7.73. The number of rotatable bonds is 4. The molecular weight excluding hydrogens is 335 g/mol. The minimum atomic E-state index is -0.768. The molecule has 0 nitrogen and oxygen atoms in total. The zero-order chi connectivity index (χ0) is 13.1. The molecule has 0 aromatic heterocycles. The zero-order valence-corrected chi connectivity index (χ0v) is 15.1. The fourth-order valence-electron chi connectivity index (χ4n) is 1.97. The van der Waals surface area contributed by atoms with Crippen LogP contribution in [0.5, 0.6) is 0 Å². The van der Waals surface area contributed by atoms with Crippen molar-refractivity contribution in [1.82, 2.24) is 0 Å². The number of hydrogen-bond acceptors (Lipinski definition) is 0. The second kappa shape index (κ2) is 5.87. The smallest absolute Gasteiger partial charge is 0.119 e. The Balaban J connectivity index is 2.71. The van der Waals surface area contributed by atoms with Gasteiger partial charge in [-0.1, -0.05) is 71.4 Å². The first kappa shape index (κ1) is 15.2. The highest BCUT2D eigenvalue weighted by Crippen LogP contribution is 2.34. The van der Waals surface area contributed by atoms with Crippen molar-refractivity contribution in [3.63, 3.8) is 0 Å². The SMILES string of the molecule is CC(C)(C)CC[SiH](I)C(C)(C)c1ccccc1. The van der Waals surface area contributed by atoms with Gasteiger partial charge in [0.2, 0.25) is 0 Å². The minimum absolute atomic E-state index is 0.396. The summed E-state index contributed by atoms with van der Waals surface area (Å²) in [6.07, 6.45) is 0.583. The number of hydrogen-bond donors (Lipinski definition) is 0. The third-order valence-electron chi connectivity index (χ3n) is 3.45. The predicted molar refractivity (Wildman–Crippen MR) is 89.5 cm³/mol. The molecule has 1 aromatic carbocycles. The molecule has 0 saturated carbocycles. The third kappa shape index (κ3) is 4.74. The van der Waals surface area contributed by atoms with Crippen molar-refractivity contribution >= 4 is 28.1 Å². The van der Waals surface area contributed by atoms with Gasteiger partial charge in [-0.15, -0.1) is 21.8 Å². The normalized spacial score (nSPS) is 14.7. The highest BCUT2D eigenvalue weighted by molar-refractivity contribution is 14.1. The van der Waals surface area contributed by atoms with Crippen LogP contribution in [0.4, 0.5) is 0 Å². The Labute approximate surface area is 121 Å². The van der Waals surface area contributed by atoms with Crippen molar-refractivity contribution in [1.29, 1.82) is 0 Å². The molecule has 1 atom stereocenters. The van der Waals surface area contributed by atoms with Gasteiger partial charge in [0.15, 0.2) is 0 Å². The lowest BCUT2D eigenvalue weighted by atomic mass is 9.94. The van der Waals surface area contributed by atoms with Crippen LogP contribution in [0.15, 0.2) is 30.3 Å². The van der Waals surface area contributed by atoms with Gasteiger partial charge in [-0.05, 0) is 22.1 Å². The van der Waals surface area contributed by atoms with Crippen LogP contribution in [0.1, 0.15) is 46.6 Å². The molecule has 1 aromatic rings. The second-order valence-corrected chi connectivity index (χ2v) is 14.1. The van der Waals surface area contributed by atoms with Crippen LogP contribution in [0.25, 0.3) is 0 Å². The molecule has 1 unspecified atom stereocenters. The molecule has 0 amide bonds. The highest BCUT2D eigenvalue weighted by atomic mass is 127. The summed E-state index contributed by atoms with van der Waals surface area (Å²) in [6, 6.07) is 12.4. The van der Waals surface area contributed by atoms with Crippen LogP contribution >= 0.6 is 21.8 Å². The molecule has 0 bridgehead atoms. The molecule has 1 rings (SSSR count). The van der Waals surface area contributed by atoms with E-state index in [9.17, 15) is 0 Å². The molecule has 0 saturated heterocycles. The van der Waals surface area contributed by atoms with E-state index in [-0.39, 0.29) is 0 Å². The summed E-state index contributed by atoms with van der Waals surface area (Å²) in [5, 5.41) is 0.396. The van der Waals surface area contributed by atoms with Crippen molar-refractivity contribution in [3.05, 3.63) is 35.9 Å². The molecule has 2 heteroatoms. The van der Waals surface area contributed by atoms with Gasteiger partial charge in [0.05, 0.1) is 0 Å². The summed E-state index contributed by atoms with van der Waals surface area (Å²) in [7, 11) is 0. The van der Waals surface area contributed by atoms with Gasteiger partial charge in [0.1, 0.15) is 6.29 Å². The molecule has 0 N–H and O–H groups in total. The molecule has 0 aliphatic heterocycles. The summed E-state index contributed by atoms with van der Waals surface area (Å²) < 4.78 is 0. The number of benzene rings is 1. The molecule has 0 heterocycles. The zero-order valence-electron chi connectivity index (χ0n) is 11.8. The van der Waals surface area contributed by atoms with E-state index in [2.05, 4.69) is 86.7 Å². The van der Waals surface area contributed by atoms with Crippen molar-refractivity contribution in [2.45, 2.75) is 52.1 Å². The van der Waals surface area contributed by atoms with Crippen molar-refractivity contribution in [2.75, 3.05) is 0 Å². The monoisotopic (exact) mass is 360 g/mol. The van der Waals surface area contributed by atoms with Crippen LogP contribution in [-0.4, -0.2) is 6.29 Å². The van der Waals surface area contributed by atoms with Gasteiger partial charge in [-0.3, -0.25) is 0 Å². The Kier molecular flexibility index (Phi) is 5.26. The van der Waals surface area contributed by atoms with E-state index in [0.717, 1.165) is 0 Å². The van der Waals surface area contributed by atoms with E-state index in [0.29, 0.717) is 10.5 Å². The molecule has 0 aliphatic carbocycles. The highest BCUT2D eigenvalue weighted by Gasteiger charge is 2.31. The summed E-state index contributed by atoms with van der Waals surface area (Å²) in [5.74, 6) is 0. The third-order valence-corrected chi connectivity index (χ3v) is 12.7. The summed E-state index contributed by atoms with van der Waals surface area (Å²) in [6.45, 7) is 11.9. The van der Waals surface area contributed by atoms with E-state index in [1.165, 1.54) is 18.0 Å². The van der Waals surface area contributed by atoms with Crippen LogP contribution in [0.2, 0.25) is 6.04 Å². The van der Waals surface area contributed by atoms with Crippen molar-refractivity contribution in [2.24, 2.45) is 5.41 Å². The molecule has 0 spiro atoms. The van der Waals surface area contributed by atoms with E-state index < -0.39 is 6.29 Å². The van der Waals surface area contributed by atoms with Gasteiger partial charge in [0.25, 0.3) is 0 Å². The van der Waals surface area contributed by atoms with Crippen LogP contribution in [0, 0.1) is 5.41 Å². The molecule has 96 valence electrons. The van der Waals surface area contributed by atoms with E-state index >= 15 is 0 Å². The molecule has 0 fully saturated rings. The molecular formula is C15H25ISi. The van der Waals surface area contributed by atoms with E-state index in [4.69, 9.17) is 0 Å². The maximum absolute atomic E-state index is 2.77. The topological polar surface area (TPSA) is 0 Å². The summed E-state index contributed by atoms with van der Waals surface area (Å²) >= 11 is 2.77. The Hall–Kier alpha value is 0.167. The van der Waals surface area contributed by atoms with Gasteiger partial charge in [-0.2, -0.15) is 0 Å².